The minimum atomic E-state index is -0.832. The Kier molecular flexibility index (Phi) is 1.52. The maximum absolute atomic E-state index is 9.08. The first-order valence-electron chi connectivity index (χ1n) is 3.68. The molecule has 1 unspecified atom stereocenters. The molecule has 1 aliphatic rings. The fourth-order valence-electron chi connectivity index (χ4n) is 1.16. The van der Waals surface area contributed by atoms with Crippen molar-refractivity contribution < 1.29 is 9.84 Å². The molecule has 12 heavy (non-hydrogen) atoms. The van der Waals surface area contributed by atoms with Crippen LogP contribution in [0, 0.1) is 0 Å². The lowest BCUT2D eigenvalue weighted by Crippen LogP contribution is -2.15. The van der Waals surface area contributed by atoms with Gasteiger partial charge in [0.2, 0.25) is 6.29 Å². The fraction of sp³-hybridized carbons (Fsp3) is 0.111. The first-order valence-corrected chi connectivity index (χ1v) is 3.68. The second-order valence-electron chi connectivity index (χ2n) is 2.66. The highest BCUT2D eigenvalue weighted by molar-refractivity contribution is 5.64. The van der Waals surface area contributed by atoms with Gasteiger partial charge in [-0.25, -0.2) is 0 Å². The number of benzene rings is 1. The molecule has 0 radical (unpaired) electrons. The van der Waals surface area contributed by atoms with Crippen molar-refractivity contribution >= 4 is 11.8 Å². The third-order valence-corrected chi connectivity index (χ3v) is 1.72. The van der Waals surface area contributed by atoms with Crippen LogP contribution < -0.4 is 10.5 Å². The van der Waals surface area contributed by atoms with Crippen LogP contribution in [0.5, 0.6) is 5.75 Å². The maximum Gasteiger partial charge on any atom is 0.217 e. The molecule has 1 aromatic carbocycles. The SMILES string of the molecule is Nc1ccc2c(c1)C=CC(O)O2. The van der Waals surface area contributed by atoms with Crippen LogP contribution in [0.2, 0.25) is 0 Å². The standard InChI is InChI=1S/C9H9NO2/c10-7-2-3-8-6(5-7)1-4-9(11)12-8/h1-5,9,11H,10H2. The molecule has 0 saturated carbocycles. The number of fused-ring (bicyclic) bond motifs is 1. The van der Waals surface area contributed by atoms with Gasteiger partial charge in [0, 0.05) is 11.3 Å². The monoisotopic (exact) mass is 163 g/mol. The van der Waals surface area contributed by atoms with E-state index < -0.39 is 6.29 Å². The highest BCUT2D eigenvalue weighted by Crippen LogP contribution is 2.26. The molecule has 3 nitrogen and oxygen atoms in total. The molecular weight excluding hydrogens is 154 g/mol. The van der Waals surface area contributed by atoms with E-state index in [0.29, 0.717) is 11.4 Å². The molecule has 3 heteroatoms. The Labute approximate surface area is 70.1 Å². The first-order chi connectivity index (χ1) is 5.75. The predicted molar refractivity (Wildman–Crippen MR) is 46.5 cm³/mol. The summed E-state index contributed by atoms with van der Waals surface area (Å²) in [5.41, 5.74) is 7.16. The van der Waals surface area contributed by atoms with Crippen LogP contribution in [0.1, 0.15) is 5.56 Å². The zero-order chi connectivity index (χ0) is 8.55. The van der Waals surface area contributed by atoms with Gasteiger partial charge in [0.1, 0.15) is 5.75 Å². The minimum Gasteiger partial charge on any atom is -0.461 e. The van der Waals surface area contributed by atoms with Gasteiger partial charge < -0.3 is 15.6 Å². The van der Waals surface area contributed by atoms with Gasteiger partial charge in [-0.2, -0.15) is 0 Å². The lowest BCUT2D eigenvalue weighted by atomic mass is 10.1. The van der Waals surface area contributed by atoms with Gasteiger partial charge >= 0.3 is 0 Å². The molecule has 1 aliphatic heterocycles. The van der Waals surface area contributed by atoms with Crippen LogP contribution in [0.25, 0.3) is 6.08 Å². The quantitative estimate of drug-likeness (QED) is 0.561. The van der Waals surface area contributed by atoms with E-state index in [1.165, 1.54) is 0 Å². The Balaban J connectivity index is 2.47. The number of nitrogens with two attached hydrogens (primary N) is 1. The molecule has 0 aromatic heterocycles. The van der Waals surface area contributed by atoms with E-state index in [1.807, 2.05) is 0 Å². The van der Waals surface area contributed by atoms with Crippen molar-refractivity contribution in [3.8, 4) is 5.75 Å². The number of aliphatic hydroxyl groups is 1. The van der Waals surface area contributed by atoms with Crippen molar-refractivity contribution in [3.63, 3.8) is 0 Å². The molecule has 62 valence electrons. The van der Waals surface area contributed by atoms with Crippen molar-refractivity contribution in [2.75, 3.05) is 5.73 Å². The van der Waals surface area contributed by atoms with Crippen molar-refractivity contribution in [2.45, 2.75) is 6.29 Å². The Hall–Kier alpha value is -1.48. The average Bonchev–Trinajstić information content (AvgIpc) is 2.05. The van der Waals surface area contributed by atoms with Crippen molar-refractivity contribution in [2.24, 2.45) is 0 Å². The van der Waals surface area contributed by atoms with Gasteiger partial charge in [0.05, 0.1) is 0 Å². The fourth-order valence-corrected chi connectivity index (χ4v) is 1.16. The molecule has 1 heterocycles. The molecule has 0 amide bonds. The summed E-state index contributed by atoms with van der Waals surface area (Å²) in [4.78, 5) is 0. The van der Waals surface area contributed by atoms with Gasteiger partial charge in [-0.05, 0) is 30.4 Å². The van der Waals surface area contributed by atoms with Gasteiger partial charge in [0.25, 0.3) is 0 Å². The van der Waals surface area contributed by atoms with Crippen LogP contribution >= 0.6 is 0 Å². The maximum atomic E-state index is 9.08. The normalized spacial score (nSPS) is 19.9. The van der Waals surface area contributed by atoms with Gasteiger partial charge in [-0.3, -0.25) is 0 Å². The third-order valence-electron chi connectivity index (χ3n) is 1.72. The van der Waals surface area contributed by atoms with E-state index >= 15 is 0 Å². The number of nitrogen functional groups attached to an aromatic ring is 1. The Morgan fingerprint density at radius 1 is 1.42 bits per heavy atom. The highest BCUT2D eigenvalue weighted by Gasteiger charge is 2.10. The summed E-state index contributed by atoms with van der Waals surface area (Å²) >= 11 is 0. The van der Waals surface area contributed by atoms with Crippen LogP contribution in [0.3, 0.4) is 0 Å². The molecule has 0 fully saturated rings. The minimum absolute atomic E-state index is 0.666. The van der Waals surface area contributed by atoms with Crippen molar-refractivity contribution in [1.82, 2.24) is 0 Å². The van der Waals surface area contributed by atoms with Crippen LogP contribution in [-0.2, 0) is 0 Å². The largest absolute Gasteiger partial charge is 0.461 e. The number of anilines is 1. The van der Waals surface area contributed by atoms with Gasteiger partial charge in [-0.15, -0.1) is 0 Å². The van der Waals surface area contributed by atoms with Crippen LogP contribution in [0.15, 0.2) is 24.3 Å². The van der Waals surface area contributed by atoms with E-state index in [4.69, 9.17) is 15.6 Å². The molecule has 1 atom stereocenters. The molecule has 0 saturated heterocycles. The summed E-state index contributed by atoms with van der Waals surface area (Å²) in [7, 11) is 0. The summed E-state index contributed by atoms with van der Waals surface area (Å²) in [6.45, 7) is 0. The Morgan fingerprint density at radius 2 is 2.25 bits per heavy atom. The number of hydrogen-bond donors (Lipinski definition) is 2. The summed E-state index contributed by atoms with van der Waals surface area (Å²) in [6.07, 6.45) is 2.53. The molecule has 3 N–H and O–H groups in total. The summed E-state index contributed by atoms with van der Waals surface area (Å²) < 4.78 is 5.10. The topological polar surface area (TPSA) is 55.5 Å². The first kappa shape index (κ1) is 7.18. The zero-order valence-electron chi connectivity index (χ0n) is 6.40. The van der Waals surface area contributed by atoms with Crippen LogP contribution in [-0.4, -0.2) is 11.4 Å². The second-order valence-corrected chi connectivity index (χ2v) is 2.66. The molecule has 0 bridgehead atoms. The highest BCUT2D eigenvalue weighted by atomic mass is 16.6. The van der Waals surface area contributed by atoms with E-state index in [-0.39, 0.29) is 0 Å². The summed E-state index contributed by atoms with van der Waals surface area (Å²) in [5.74, 6) is 0.666. The lowest BCUT2D eigenvalue weighted by molar-refractivity contribution is 0.0231. The van der Waals surface area contributed by atoms with E-state index in [2.05, 4.69) is 0 Å². The molecule has 1 aromatic rings. The molecule has 0 spiro atoms. The summed E-state index contributed by atoms with van der Waals surface area (Å²) in [6, 6.07) is 5.29. The van der Waals surface area contributed by atoms with E-state index in [9.17, 15) is 0 Å². The number of ether oxygens (including phenoxy) is 1. The Morgan fingerprint density at radius 3 is 3.08 bits per heavy atom. The van der Waals surface area contributed by atoms with Crippen molar-refractivity contribution in [1.29, 1.82) is 0 Å². The smallest absolute Gasteiger partial charge is 0.217 e. The van der Waals surface area contributed by atoms with E-state index in [1.54, 1.807) is 30.4 Å². The van der Waals surface area contributed by atoms with Gasteiger partial charge in [-0.1, -0.05) is 0 Å². The molecular formula is C9H9NO2. The average molecular weight is 163 g/mol. The zero-order valence-corrected chi connectivity index (χ0v) is 6.40. The van der Waals surface area contributed by atoms with Crippen molar-refractivity contribution in [3.05, 3.63) is 29.8 Å². The van der Waals surface area contributed by atoms with E-state index in [0.717, 1.165) is 5.56 Å². The molecule has 0 aliphatic carbocycles. The summed E-state index contributed by atoms with van der Waals surface area (Å²) in [5, 5.41) is 9.08. The van der Waals surface area contributed by atoms with Gasteiger partial charge in [0.15, 0.2) is 0 Å². The van der Waals surface area contributed by atoms with Crippen LogP contribution in [0.4, 0.5) is 5.69 Å². The number of aliphatic hydroxyl groups excluding tert-OH is 1. The second kappa shape index (κ2) is 2.53. The number of hydrogen-bond acceptors (Lipinski definition) is 3. The Bertz CT molecular complexity index is 333. The lowest BCUT2D eigenvalue weighted by Gasteiger charge is -2.16. The third kappa shape index (κ3) is 1.14. The number of rotatable bonds is 0. The predicted octanol–water partition coefficient (Wildman–Crippen LogP) is 0.993. The molecule has 2 rings (SSSR count).